The molecule has 158 valence electrons. The summed E-state index contributed by atoms with van der Waals surface area (Å²) in [5.41, 5.74) is 1.97. The van der Waals surface area contributed by atoms with Crippen LogP contribution < -0.4 is 0 Å². The maximum Gasteiger partial charge on any atom is 0.355 e. The van der Waals surface area contributed by atoms with Crippen LogP contribution in [0, 0.1) is 0 Å². The maximum absolute atomic E-state index is 13.0. The molecule has 1 aliphatic heterocycles. The van der Waals surface area contributed by atoms with E-state index in [1.54, 1.807) is 41.8 Å². The van der Waals surface area contributed by atoms with Gasteiger partial charge in [0.2, 0.25) is 10.0 Å². The molecule has 2 heterocycles. The molecule has 1 saturated heterocycles. The van der Waals surface area contributed by atoms with Gasteiger partial charge in [-0.2, -0.15) is 4.31 Å². The number of benzene rings is 2. The largest absolute Gasteiger partial charge is 0.461 e. The Bertz CT molecular complexity index is 1160. The summed E-state index contributed by atoms with van der Waals surface area (Å²) < 4.78 is 34.5. The second-order valence-electron chi connectivity index (χ2n) is 7.35. The van der Waals surface area contributed by atoms with Gasteiger partial charge in [0, 0.05) is 37.3 Å². The van der Waals surface area contributed by atoms with Gasteiger partial charge in [-0.25, -0.2) is 13.2 Å². The minimum atomic E-state index is -3.54. The minimum absolute atomic E-state index is 0.255. The molecule has 4 rings (SSSR count). The summed E-state index contributed by atoms with van der Waals surface area (Å²) >= 11 is 0. The van der Waals surface area contributed by atoms with Crippen molar-refractivity contribution in [3.8, 4) is 5.69 Å². The highest BCUT2D eigenvalue weighted by atomic mass is 32.2. The zero-order valence-electron chi connectivity index (χ0n) is 17.1. The molecule has 1 fully saturated rings. The number of aromatic nitrogens is 1. The van der Waals surface area contributed by atoms with Crippen LogP contribution in [0.5, 0.6) is 0 Å². The van der Waals surface area contributed by atoms with Crippen molar-refractivity contribution in [2.75, 3.05) is 39.8 Å². The van der Waals surface area contributed by atoms with Crippen LogP contribution in [0.3, 0.4) is 0 Å². The van der Waals surface area contributed by atoms with Crippen LogP contribution in [0.2, 0.25) is 0 Å². The van der Waals surface area contributed by atoms with Gasteiger partial charge in [0.25, 0.3) is 0 Å². The third-order valence-electron chi connectivity index (χ3n) is 5.39. The van der Waals surface area contributed by atoms with E-state index in [0.29, 0.717) is 24.5 Å². The van der Waals surface area contributed by atoms with Gasteiger partial charge in [0.05, 0.1) is 17.0 Å². The van der Waals surface area contributed by atoms with Crippen molar-refractivity contribution in [1.29, 1.82) is 0 Å². The van der Waals surface area contributed by atoms with Crippen molar-refractivity contribution in [1.82, 2.24) is 13.8 Å². The zero-order chi connectivity index (χ0) is 21.3. The van der Waals surface area contributed by atoms with E-state index < -0.39 is 16.0 Å². The molecule has 0 saturated carbocycles. The van der Waals surface area contributed by atoms with Gasteiger partial charge in [-0.15, -0.1) is 0 Å². The summed E-state index contributed by atoms with van der Waals surface area (Å²) in [6, 6.07) is 16.1. The average molecular weight is 428 g/mol. The Morgan fingerprint density at radius 2 is 1.67 bits per heavy atom. The number of carbonyl (C=O) groups excluding carboxylic acids is 1. The maximum atomic E-state index is 13.0. The highest BCUT2D eigenvalue weighted by Gasteiger charge is 2.27. The fourth-order valence-electron chi connectivity index (χ4n) is 3.73. The average Bonchev–Trinajstić information content (AvgIpc) is 3.14. The van der Waals surface area contributed by atoms with E-state index in [1.165, 1.54) is 4.31 Å². The van der Waals surface area contributed by atoms with Gasteiger partial charge in [-0.1, -0.05) is 18.2 Å². The Labute approximate surface area is 176 Å². The van der Waals surface area contributed by atoms with E-state index in [9.17, 15) is 13.2 Å². The Balaban J connectivity index is 1.72. The lowest BCUT2D eigenvalue weighted by molar-refractivity contribution is 0.0517. The SMILES string of the molecule is CCOC(=O)c1cc2ccccc2n1-c1ccc(S(=O)(=O)N2CCN(C)CC2)cc1. The number of nitrogens with zero attached hydrogens (tertiary/aromatic N) is 3. The molecule has 0 radical (unpaired) electrons. The number of carbonyl (C=O) groups is 1. The molecule has 0 aliphatic carbocycles. The number of likely N-dealkylation sites (N-methyl/N-ethyl adjacent to an activating group) is 1. The van der Waals surface area contributed by atoms with E-state index in [2.05, 4.69) is 4.90 Å². The van der Waals surface area contributed by atoms with E-state index in [0.717, 1.165) is 24.0 Å². The molecule has 3 aromatic rings. The molecular formula is C22H25N3O4S. The zero-order valence-corrected chi connectivity index (χ0v) is 17.9. The Hall–Kier alpha value is -2.68. The van der Waals surface area contributed by atoms with Crippen molar-refractivity contribution < 1.29 is 17.9 Å². The number of esters is 1. The number of sulfonamides is 1. The first-order valence-electron chi connectivity index (χ1n) is 9.98. The van der Waals surface area contributed by atoms with Gasteiger partial charge in [0.1, 0.15) is 5.69 Å². The first-order valence-corrected chi connectivity index (χ1v) is 11.4. The summed E-state index contributed by atoms with van der Waals surface area (Å²) in [5, 5.41) is 0.912. The smallest absolute Gasteiger partial charge is 0.355 e. The fraction of sp³-hybridized carbons (Fsp3) is 0.318. The third-order valence-corrected chi connectivity index (χ3v) is 7.30. The topological polar surface area (TPSA) is 71.8 Å². The highest BCUT2D eigenvalue weighted by molar-refractivity contribution is 7.89. The van der Waals surface area contributed by atoms with Crippen LogP contribution in [0.15, 0.2) is 59.5 Å². The molecule has 8 heteroatoms. The number of fused-ring (bicyclic) bond motifs is 1. The molecule has 2 aromatic carbocycles. The summed E-state index contributed by atoms with van der Waals surface area (Å²) in [4.78, 5) is 14.9. The molecule has 0 spiro atoms. The molecule has 7 nitrogen and oxygen atoms in total. The van der Waals surface area contributed by atoms with Crippen molar-refractivity contribution in [3.63, 3.8) is 0 Å². The van der Waals surface area contributed by atoms with Crippen molar-refractivity contribution in [3.05, 3.63) is 60.3 Å². The molecule has 0 N–H and O–H groups in total. The summed E-state index contributed by atoms with van der Waals surface area (Å²) in [6.45, 7) is 4.45. The fourth-order valence-corrected chi connectivity index (χ4v) is 5.16. The van der Waals surface area contributed by atoms with E-state index in [4.69, 9.17) is 4.74 Å². The lowest BCUT2D eigenvalue weighted by Gasteiger charge is -2.31. The monoisotopic (exact) mass is 427 g/mol. The Kier molecular flexibility index (Phi) is 5.64. The second kappa shape index (κ2) is 8.22. The minimum Gasteiger partial charge on any atom is -0.461 e. The molecular weight excluding hydrogens is 402 g/mol. The summed E-state index contributed by atoms with van der Waals surface area (Å²) in [6.07, 6.45) is 0. The number of hydrogen-bond acceptors (Lipinski definition) is 5. The van der Waals surface area contributed by atoms with Gasteiger partial charge in [-0.05, 0) is 50.4 Å². The number of rotatable bonds is 5. The standard InChI is InChI=1S/C22H25N3O4S/c1-3-29-22(26)21-16-17-6-4-5-7-20(17)25(21)18-8-10-19(11-9-18)30(27,28)24-14-12-23(2)13-15-24/h4-11,16H,3,12-15H2,1-2H3. The predicted octanol–water partition coefficient (Wildman–Crippen LogP) is 2.74. The summed E-state index contributed by atoms with van der Waals surface area (Å²) in [5.74, 6) is -0.414. The van der Waals surface area contributed by atoms with E-state index >= 15 is 0 Å². The molecule has 0 amide bonds. The Morgan fingerprint density at radius 1 is 1.00 bits per heavy atom. The second-order valence-corrected chi connectivity index (χ2v) is 9.28. The predicted molar refractivity (Wildman–Crippen MR) is 115 cm³/mol. The quantitative estimate of drug-likeness (QED) is 0.586. The Morgan fingerprint density at radius 3 is 2.33 bits per heavy atom. The first-order chi connectivity index (χ1) is 14.4. The molecule has 1 aliphatic rings. The van der Waals surface area contributed by atoms with E-state index in [-0.39, 0.29) is 11.5 Å². The van der Waals surface area contributed by atoms with Gasteiger partial charge in [0.15, 0.2) is 0 Å². The number of ether oxygens (including phenoxy) is 1. The van der Waals surface area contributed by atoms with Crippen molar-refractivity contribution in [2.45, 2.75) is 11.8 Å². The molecule has 0 atom stereocenters. The van der Waals surface area contributed by atoms with Crippen LogP contribution >= 0.6 is 0 Å². The normalized spacial score (nSPS) is 16.1. The lowest BCUT2D eigenvalue weighted by Crippen LogP contribution is -2.46. The van der Waals surface area contributed by atoms with Gasteiger partial charge < -0.3 is 14.2 Å². The van der Waals surface area contributed by atoms with Crippen LogP contribution in [0.4, 0.5) is 0 Å². The number of para-hydroxylation sites is 1. The van der Waals surface area contributed by atoms with E-state index in [1.807, 2.05) is 31.3 Å². The molecule has 0 unspecified atom stereocenters. The van der Waals surface area contributed by atoms with Crippen LogP contribution in [-0.4, -0.2) is 68.0 Å². The van der Waals surface area contributed by atoms with Crippen LogP contribution in [0.25, 0.3) is 16.6 Å². The number of piperazine rings is 1. The lowest BCUT2D eigenvalue weighted by atomic mass is 10.2. The highest BCUT2D eigenvalue weighted by Crippen LogP contribution is 2.26. The van der Waals surface area contributed by atoms with Crippen LogP contribution in [0.1, 0.15) is 17.4 Å². The first kappa shape index (κ1) is 20.6. The number of hydrogen-bond donors (Lipinski definition) is 0. The molecule has 30 heavy (non-hydrogen) atoms. The molecule has 1 aromatic heterocycles. The summed E-state index contributed by atoms with van der Waals surface area (Å²) in [7, 11) is -1.56. The third kappa shape index (κ3) is 3.74. The van der Waals surface area contributed by atoms with Crippen LogP contribution in [-0.2, 0) is 14.8 Å². The molecule has 0 bridgehead atoms. The van der Waals surface area contributed by atoms with Crippen molar-refractivity contribution in [2.24, 2.45) is 0 Å². The van der Waals surface area contributed by atoms with Gasteiger partial charge >= 0.3 is 5.97 Å². The van der Waals surface area contributed by atoms with Crippen molar-refractivity contribution >= 4 is 26.9 Å². The van der Waals surface area contributed by atoms with Gasteiger partial charge in [-0.3, -0.25) is 0 Å².